The van der Waals surface area contributed by atoms with Crippen LogP contribution in [0.2, 0.25) is 0 Å². The number of thioether (sulfide) groups is 1. The summed E-state index contributed by atoms with van der Waals surface area (Å²) in [5.41, 5.74) is 6.95. The lowest BCUT2D eigenvalue weighted by Crippen LogP contribution is -2.51. The zero-order valence-electron chi connectivity index (χ0n) is 19.1. The van der Waals surface area contributed by atoms with Gasteiger partial charge in [0.25, 0.3) is 5.91 Å². The fourth-order valence-corrected chi connectivity index (χ4v) is 6.16. The van der Waals surface area contributed by atoms with Crippen LogP contribution in [0.15, 0.2) is 66.7 Å². The van der Waals surface area contributed by atoms with Gasteiger partial charge < -0.3 is 10.2 Å². The van der Waals surface area contributed by atoms with E-state index in [9.17, 15) is 9.59 Å². The van der Waals surface area contributed by atoms with Crippen molar-refractivity contribution in [1.82, 2.24) is 4.90 Å². The highest BCUT2D eigenvalue weighted by molar-refractivity contribution is 8.01. The van der Waals surface area contributed by atoms with Crippen LogP contribution in [-0.2, 0) is 16.2 Å². The molecule has 2 heterocycles. The third-order valence-corrected chi connectivity index (χ3v) is 7.74. The summed E-state index contributed by atoms with van der Waals surface area (Å²) in [6.45, 7) is 7.08. The minimum absolute atomic E-state index is 0.0498. The van der Waals surface area contributed by atoms with Crippen molar-refractivity contribution >= 4 is 35.1 Å². The first-order chi connectivity index (χ1) is 15.9. The predicted molar refractivity (Wildman–Crippen MR) is 135 cm³/mol. The van der Waals surface area contributed by atoms with Crippen molar-refractivity contribution in [3.63, 3.8) is 0 Å². The highest BCUT2D eigenvalue weighted by Crippen LogP contribution is 2.54. The lowest BCUT2D eigenvalue weighted by Gasteiger charge is -2.33. The minimum atomic E-state index is -1.04. The van der Waals surface area contributed by atoms with Gasteiger partial charge in [-0.15, -0.1) is 11.8 Å². The first-order valence-electron chi connectivity index (χ1n) is 11.2. The molecule has 5 rings (SSSR count). The van der Waals surface area contributed by atoms with Crippen LogP contribution in [0.25, 0.3) is 0 Å². The lowest BCUT2D eigenvalue weighted by molar-refractivity contribution is -0.123. The van der Waals surface area contributed by atoms with Crippen molar-refractivity contribution in [2.45, 2.75) is 32.2 Å². The Kier molecular flexibility index (Phi) is 5.41. The highest BCUT2D eigenvalue weighted by Gasteiger charge is 2.59. The first-order valence-corrected chi connectivity index (χ1v) is 12.1. The van der Waals surface area contributed by atoms with Gasteiger partial charge in [-0.05, 0) is 44.5 Å². The fraction of sp³-hybridized carbons (Fsp3) is 0.259. The number of hydrogen-bond acceptors (Lipinski definition) is 3. The van der Waals surface area contributed by atoms with Crippen LogP contribution in [0.3, 0.4) is 0 Å². The van der Waals surface area contributed by atoms with E-state index < -0.39 is 4.87 Å². The second-order valence-electron chi connectivity index (χ2n) is 8.84. The Morgan fingerprint density at radius 3 is 2.45 bits per heavy atom. The van der Waals surface area contributed by atoms with Gasteiger partial charge in [0.05, 0.1) is 12.2 Å². The van der Waals surface area contributed by atoms with Crippen molar-refractivity contribution in [3.05, 3.63) is 94.5 Å². The summed E-state index contributed by atoms with van der Waals surface area (Å²) in [4.78, 5) is 30.0. The van der Waals surface area contributed by atoms with Gasteiger partial charge in [0.1, 0.15) is 0 Å². The van der Waals surface area contributed by atoms with Crippen LogP contribution >= 0.6 is 11.8 Å². The molecule has 1 N–H and O–H groups in total. The molecule has 3 aromatic rings. The molecule has 0 aliphatic carbocycles. The van der Waals surface area contributed by atoms with E-state index in [0.717, 1.165) is 39.2 Å². The molecule has 1 saturated heterocycles. The van der Waals surface area contributed by atoms with E-state index in [1.54, 1.807) is 16.7 Å². The van der Waals surface area contributed by atoms with Crippen molar-refractivity contribution in [2.75, 3.05) is 22.5 Å². The second-order valence-corrected chi connectivity index (χ2v) is 10.1. The largest absolute Gasteiger partial charge is 0.323 e. The number of aryl methyl sites for hydroxylation is 3. The van der Waals surface area contributed by atoms with Gasteiger partial charge in [0.2, 0.25) is 0 Å². The number of carbonyl (C=O) groups is 2. The molecular formula is C27H27N3O2S. The average Bonchev–Trinajstić information content (AvgIpc) is 3.33. The quantitative estimate of drug-likeness (QED) is 0.558. The molecule has 168 valence electrons. The van der Waals surface area contributed by atoms with Crippen LogP contribution in [0, 0.1) is 20.8 Å². The van der Waals surface area contributed by atoms with Crippen LogP contribution < -0.4 is 10.2 Å². The summed E-state index contributed by atoms with van der Waals surface area (Å²) in [7, 11) is 0. The van der Waals surface area contributed by atoms with Crippen LogP contribution in [0.1, 0.15) is 27.8 Å². The number of nitrogens with zero attached hydrogens (tertiary/aromatic N) is 2. The molecule has 1 spiro atoms. The van der Waals surface area contributed by atoms with Gasteiger partial charge >= 0.3 is 6.03 Å². The van der Waals surface area contributed by atoms with E-state index in [1.165, 1.54) is 0 Å². The molecule has 0 saturated carbocycles. The number of benzene rings is 3. The Hall–Kier alpha value is -3.25. The van der Waals surface area contributed by atoms with Gasteiger partial charge in [0.15, 0.2) is 4.87 Å². The molecule has 1 fully saturated rings. The zero-order chi connectivity index (χ0) is 23.2. The molecule has 0 aromatic heterocycles. The zero-order valence-corrected chi connectivity index (χ0v) is 19.9. The van der Waals surface area contributed by atoms with Gasteiger partial charge in [-0.25, -0.2) is 4.79 Å². The Morgan fingerprint density at radius 2 is 1.70 bits per heavy atom. The standard InChI is InChI=1S/C27H27N3O2S/c1-18-7-10-22(11-8-18)28-26(32)30-13-14-33-27(30)23-16-20(3)9-12-24(23)29(25(27)31)17-21-6-4-5-19(2)15-21/h4-12,15-16H,13-14,17H2,1-3H3,(H,28,32)/t27-/m1/s1. The summed E-state index contributed by atoms with van der Waals surface area (Å²) in [6, 6.07) is 21.8. The minimum Gasteiger partial charge on any atom is -0.308 e. The molecule has 6 heteroatoms. The summed E-state index contributed by atoms with van der Waals surface area (Å²) in [5.74, 6) is 0.657. The molecule has 5 nitrogen and oxygen atoms in total. The first kappa shape index (κ1) is 21.6. The maximum atomic E-state index is 14.1. The molecule has 0 unspecified atom stereocenters. The van der Waals surface area contributed by atoms with Gasteiger partial charge in [-0.3, -0.25) is 9.69 Å². The Morgan fingerprint density at radius 1 is 0.970 bits per heavy atom. The maximum absolute atomic E-state index is 14.1. The number of urea groups is 1. The monoisotopic (exact) mass is 457 g/mol. The molecule has 0 radical (unpaired) electrons. The topological polar surface area (TPSA) is 52.7 Å². The van der Waals surface area contributed by atoms with E-state index in [0.29, 0.717) is 18.8 Å². The third-order valence-electron chi connectivity index (χ3n) is 6.32. The maximum Gasteiger partial charge on any atom is 0.323 e. The Bertz CT molecular complexity index is 1240. The second kappa shape index (κ2) is 8.27. The normalized spacial score (nSPS) is 19.3. The summed E-state index contributed by atoms with van der Waals surface area (Å²) in [5, 5.41) is 3.00. The van der Waals surface area contributed by atoms with Gasteiger partial charge in [0, 0.05) is 23.5 Å². The van der Waals surface area contributed by atoms with E-state index >= 15 is 0 Å². The van der Waals surface area contributed by atoms with E-state index in [2.05, 4.69) is 30.4 Å². The molecule has 2 aliphatic rings. The number of rotatable bonds is 3. The molecule has 3 aromatic carbocycles. The van der Waals surface area contributed by atoms with Crippen molar-refractivity contribution in [1.29, 1.82) is 0 Å². The number of nitrogens with one attached hydrogen (secondary N) is 1. The van der Waals surface area contributed by atoms with Gasteiger partial charge in [-0.1, -0.05) is 65.2 Å². The molecular weight excluding hydrogens is 430 g/mol. The number of carbonyl (C=O) groups excluding carboxylic acids is 2. The molecule has 2 aliphatic heterocycles. The van der Waals surface area contributed by atoms with Crippen molar-refractivity contribution in [2.24, 2.45) is 0 Å². The van der Waals surface area contributed by atoms with Gasteiger partial charge in [-0.2, -0.15) is 0 Å². The number of amides is 3. The van der Waals surface area contributed by atoms with E-state index in [4.69, 9.17) is 0 Å². The van der Waals surface area contributed by atoms with E-state index in [-0.39, 0.29) is 11.9 Å². The third kappa shape index (κ3) is 3.68. The predicted octanol–water partition coefficient (Wildman–Crippen LogP) is 5.59. The summed E-state index contributed by atoms with van der Waals surface area (Å²) < 4.78 is 0. The fourth-order valence-electron chi connectivity index (χ4n) is 4.71. The number of anilines is 2. The summed E-state index contributed by atoms with van der Waals surface area (Å²) >= 11 is 1.55. The van der Waals surface area contributed by atoms with Crippen molar-refractivity contribution in [3.8, 4) is 0 Å². The molecule has 0 bridgehead atoms. The van der Waals surface area contributed by atoms with Crippen LogP contribution in [0.5, 0.6) is 0 Å². The Labute approximate surface area is 198 Å². The van der Waals surface area contributed by atoms with Crippen LogP contribution in [-0.4, -0.2) is 29.1 Å². The van der Waals surface area contributed by atoms with Crippen LogP contribution in [0.4, 0.5) is 16.2 Å². The Balaban J connectivity index is 1.53. The van der Waals surface area contributed by atoms with E-state index in [1.807, 2.05) is 67.3 Å². The average molecular weight is 458 g/mol. The number of fused-ring (bicyclic) bond motifs is 2. The summed E-state index contributed by atoms with van der Waals surface area (Å²) in [6.07, 6.45) is 0. The number of hydrogen-bond donors (Lipinski definition) is 1. The SMILES string of the molecule is Cc1ccc(NC(=O)N2CCS[C@]23C(=O)N(Cc2cccc(C)c2)c2ccc(C)cc23)cc1. The highest BCUT2D eigenvalue weighted by atomic mass is 32.2. The lowest BCUT2D eigenvalue weighted by atomic mass is 10.0. The molecule has 33 heavy (non-hydrogen) atoms. The molecule has 1 atom stereocenters. The van der Waals surface area contributed by atoms with Crippen molar-refractivity contribution < 1.29 is 9.59 Å². The molecule has 3 amide bonds. The smallest absolute Gasteiger partial charge is 0.308 e.